The van der Waals surface area contributed by atoms with Crippen LogP contribution < -0.4 is 20.1 Å². The minimum Gasteiger partial charge on any atom is -0.493 e. The number of benzene rings is 1. The van der Waals surface area contributed by atoms with Gasteiger partial charge in [-0.2, -0.15) is 5.10 Å². The molecule has 7 heteroatoms. The van der Waals surface area contributed by atoms with E-state index in [1.54, 1.807) is 18.9 Å². The van der Waals surface area contributed by atoms with Gasteiger partial charge in [0.25, 0.3) is 0 Å². The number of carbonyl (C=O) groups excluding carboxylic acids is 1. The van der Waals surface area contributed by atoms with E-state index in [1.165, 1.54) is 5.56 Å². The summed E-state index contributed by atoms with van der Waals surface area (Å²) in [6.07, 6.45) is 7.02. The molecule has 0 unspecified atom stereocenters. The Morgan fingerprint density at radius 2 is 2.11 bits per heavy atom. The van der Waals surface area contributed by atoms with E-state index < -0.39 is 0 Å². The predicted molar refractivity (Wildman–Crippen MR) is 108 cm³/mol. The van der Waals surface area contributed by atoms with Crippen LogP contribution in [-0.2, 0) is 18.3 Å². The van der Waals surface area contributed by atoms with Gasteiger partial charge in [-0.1, -0.05) is 13.0 Å². The van der Waals surface area contributed by atoms with Gasteiger partial charge in [0.05, 0.1) is 26.5 Å². The number of aromatic nitrogens is 2. The highest BCUT2D eigenvalue weighted by Gasteiger charge is 2.31. The lowest BCUT2D eigenvalue weighted by Crippen LogP contribution is -2.51. The minimum atomic E-state index is -0.0607. The van der Waals surface area contributed by atoms with Crippen LogP contribution in [0.25, 0.3) is 0 Å². The minimum absolute atomic E-state index is 0.0607. The van der Waals surface area contributed by atoms with Gasteiger partial charge < -0.3 is 20.1 Å². The van der Waals surface area contributed by atoms with Crippen molar-refractivity contribution in [2.75, 3.05) is 14.2 Å². The average Bonchev–Trinajstić information content (AvgIpc) is 3.14. The molecule has 1 aromatic carbocycles. The molecule has 1 aliphatic heterocycles. The fraction of sp³-hybridized carbons (Fsp3) is 0.524. The monoisotopic (exact) mass is 386 g/mol. The normalized spacial score (nSPS) is 20.5. The fourth-order valence-corrected chi connectivity index (χ4v) is 3.81. The maximum Gasteiger partial charge on any atom is 0.220 e. The Hall–Kier alpha value is -2.54. The molecule has 3 rings (SSSR count). The molecule has 152 valence electrons. The van der Waals surface area contributed by atoms with Crippen molar-refractivity contribution in [2.45, 2.75) is 50.7 Å². The largest absolute Gasteiger partial charge is 0.493 e. The molecule has 0 saturated carbocycles. The SMILES string of the molecule is CC[C@H](Cc1ccc(OC)c(OC)c1)N[C@@H]1CCC(=O)N[C@H]1c1cnn(C)c1. The number of hydrogen-bond donors (Lipinski definition) is 2. The third kappa shape index (κ3) is 4.65. The zero-order chi connectivity index (χ0) is 20.1. The number of nitrogens with one attached hydrogen (secondary N) is 2. The van der Waals surface area contributed by atoms with Gasteiger partial charge >= 0.3 is 0 Å². The summed E-state index contributed by atoms with van der Waals surface area (Å²) < 4.78 is 12.5. The highest BCUT2D eigenvalue weighted by molar-refractivity contribution is 5.77. The molecule has 1 aliphatic rings. The summed E-state index contributed by atoms with van der Waals surface area (Å²) in [5.74, 6) is 1.58. The van der Waals surface area contributed by atoms with Crippen molar-refractivity contribution < 1.29 is 14.3 Å². The van der Waals surface area contributed by atoms with Gasteiger partial charge in [0.15, 0.2) is 11.5 Å². The molecule has 2 aromatic rings. The first-order valence-electron chi connectivity index (χ1n) is 9.78. The van der Waals surface area contributed by atoms with Crippen molar-refractivity contribution in [1.82, 2.24) is 20.4 Å². The molecule has 0 spiro atoms. The van der Waals surface area contributed by atoms with Crippen molar-refractivity contribution in [3.63, 3.8) is 0 Å². The van der Waals surface area contributed by atoms with E-state index >= 15 is 0 Å². The Morgan fingerprint density at radius 3 is 2.75 bits per heavy atom. The molecule has 1 amide bonds. The molecule has 0 radical (unpaired) electrons. The molecular formula is C21H30N4O3. The van der Waals surface area contributed by atoms with Gasteiger partial charge in [0, 0.05) is 37.3 Å². The highest BCUT2D eigenvalue weighted by atomic mass is 16.5. The maximum absolute atomic E-state index is 12.0. The first kappa shape index (κ1) is 20.2. The number of rotatable bonds is 8. The molecule has 3 atom stereocenters. The fourth-order valence-electron chi connectivity index (χ4n) is 3.81. The van der Waals surface area contributed by atoms with Crippen LogP contribution >= 0.6 is 0 Å². The summed E-state index contributed by atoms with van der Waals surface area (Å²) in [6.45, 7) is 2.18. The lowest BCUT2D eigenvalue weighted by molar-refractivity contribution is -0.124. The van der Waals surface area contributed by atoms with Gasteiger partial charge in [0.1, 0.15) is 0 Å². The van der Waals surface area contributed by atoms with Crippen molar-refractivity contribution in [2.24, 2.45) is 7.05 Å². The molecule has 0 bridgehead atoms. The Labute approximate surface area is 166 Å². The smallest absolute Gasteiger partial charge is 0.220 e. The summed E-state index contributed by atoms with van der Waals surface area (Å²) >= 11 is 0. The second-order valence-corrected chi connectivity index (χ2v) is 7.30. The van der Waals surface area contributed by atoms with Crippen molar-refractivity contribution in [3.8, 4) is 11.5 Å². The molecule has 28 heavy (non-hydrogen) atoms. The number of piperidine rings is 1. The summed E-state index contributed by atoms with van der Waals surface area (Å²) in [5.41, 5.74) is 2.23. The van der Waals surface area contributed by atoms with E-state index in [2.05, 4.69) is 28.7 Å². The second kappa shape index (κ2) is 9.10. The Kier molecular flexibility index (Phi) is 6.57. The number of ether oxygens (including phenoxy) is 2. The topological polar surface area (TPSA) is 77.4 Å². The van der Waals surface area contributed by atoms with Crippen LogP contribution in [0, 0.1) is 0 Å². The van der Waals surface area contributed by atoms with Gasteiger partial charge in [-0.3, -0.25) is 9.48 Å². The second-order valence-electron chi connectivity index (χ2n) is 7.30. The lowest BCUT2D eigenvalue weighted by atomic mass is 9.92. The first-order chi connectivity index (χ1) is 13.5. The summed E-state index contributed by atoms with van der Waals surface area (Å²) in [5, 5.41) is 11.2. The number of methoxy groups -OCH3 is 2. The van der Waals surface area contributed by atoms with Crippen LogP contribution in [0.3, 0.4) is 0 Å². The van der Waals surface area contributed by atoms with Crippen LogP contribution in [0.4, 0.5) is 0 Å². The number of amides is 1. The third-order valence-electron chi connectivity index (χ3n) is 5.36. The molecule has 7 nitrogen and oxygen atoms in total. The summed E-state index contributed by atoms with van der Waals surface area (Å²) in [6, 6.07) is 6.45. The van der Waals surface area contributed by atoms with E-state index in [1.807, 2.05) is 31.6 Å². The van der Waals surface area contributed by atoms with Gasteiger partial charge in [-0.25, -0.2) is 0 Å². The van der Waals surface area contributed by atoms with E-state index in [-0.39, 0.29) is 24.0 Å². The third-order valence-corrected chi connectivity index (χ3v) is 5.36. The zero-order valence-electron chi connectivity index (χ0n) is 17.1. The molecule has 2 N–H and O–H groups in total. The van der Waals surface area contributed by atoms with E-state index in [0.717, 1.165) is 36.3 Å². The quantitative estimate of drug-likeness (QED) is 0.728. The van der Waals surface area contributed by atoms with E-state index in [0.29, 0.717) is 6.42 Å². The summed E-state index contributed by atoms with van der Waals surface area (Å²) in [4.78, 5) is 12.0. The van der Waals surface area contributed by atoms with Gasteiger partial charge in [0.2, 0.25) is 5.91 Å². The average molecular weight is 386 g/mol. The summed E-state index contributed by atoms with van der Waals surface area (Å²) in [7, 11) is 5.19. The zero-order valence-corrected chi connectivity index (χ0v) is 17.1. The van der Waals surface area contributed by atoms with Crippen LogP contribution in [0.1, 0.15) is 43.4 Å². The predicted octanol–water partition coefficient (Wildman–Crippen LogP) is 2.37. The van der Waals surface area contributed by atoms with Crippen molar-refractivity contribution >= 4 is 5.91 Å². The lowest BCUT2D eigenvalue weighted by Gasteiger charge is -2.35. The molecule has 1 aromatic heterocycles. The number of aryl methyl sites for hydroxylation is 1. The van der Waals surface area contributed by atoms with E-state index in [9.17, 15) is 4.79 Å². The molecule has 1 fully saturated rings. The molecule has 2 heterocycles. The standard InChI is InChI=1S/C21H30N4O3/c1-5-16(10-14-6-8-18(27-3)19(11-14)28-4)23-17-7-9-20(26)24-21(17)15-12-22-25(2)13-15/h6,8,11-13,16-17,21,23H,5,7,9-10H2,1-4H3,(H,24,26)/t16-,17-,21+/m1/s1. The first-order valence-corrected chi connectivity index (χ1v) is 9.78. The Bertz CT molecular complexity index is 805. The van der Waals surface area contributed by atoms with Crippen LogP contribution in [0.15, 0.2) is 30.6 Å². The van der Waals surface area contributed by atoms with Crippen LogP contribution in [0.2, 0.25) is 0 Å². The Morgan fingerprint density at radius 1 is 1.32 bits per heavy atom. The van der Waals surface area contributed by atoms with E-state index in [4.69, 9.17) is 9.47 Å². The number of nitrogens with zero attached hydrogens (tertiary/aromatic N) is 2. The number of carbonyl (C=O) groups is 1. The van der Waals surface area contributed by atoms with Crippen molar-refractivity contribution in [3.05, 3.63) is 41.7 Å². The maximum atomic E-state index is 12.0. The molecule has 0 aliphatic carbocycles. The van der Waals surface area contributed by atoms with Gasteiger partial charge in [-0.05, 0) is 37.0 Å². The highest BCUT2D eigenvalue weighted by Crippen LogP contribution is 2.29. The van der Waals surface area contributed by atoms with Crippen LogP contribution in [-0.4, -0.2) is 42.0 Å². The van der Waals surface area contributed by atoms with Crippen molar-refractivity contribution in [1.29, 1.82) is 0 Å². The molecular weight excluding hydrogens is 356 g/mol. The van der Waals surface area contributed by atoms with Crippen LogP contribution in [0.5, 0.6) is 11.5 Å². The van der Waals surface area contributed by atoms with Gasteiger partial charge in [-0.15, -0.1) is 0 Å². The molecule has 1 saturated heterocycles. The number of hydrogen-bond acceptors (Lipinski definition) is 5. The Balaban J connectivity index is 1.72.